The maximum Gasteiger partial charge on any atom is 0.292 e. The van der Waals surface area contributed by atoms with Gasteiger partial charge in [-0.3, -0.25) is 14.9 Å². The highest BCUT2D eigenvalue weighted by Crippen LogP contribution is 2.25. The van der Waals surface area contributed by atoms with Crippen LogP contribution in [0, 0.1) is 17.0 Å². The molecule has 0 saturated carbocycles. The molecule has 0 bridgehead atoms. The number of nitrogens with one attached hydrogen (secondary N) is 2. The number of nitro groups is 1. The monoisotopic (exact) mass is 285 g/mol. The summed E-state index contributed by atoms with van der Waals surface area (Å²) in [5.41, 5.74) is 2.36. The predicted octanol–water partition coefficient (Wildman–Crippen LogP) is 3.20. The summed E-state index contributed by atoms with van der Waals surface area (Å²) in [4.78, 5) is 22.5. The highest BCUT2D eigenvalue weighted by Gasteiger charge is 2.15. The van der Waals surface area contributed by atoms with E-state index in [1.165, 1.54) is 18.2 Å². The first kappa shape index (κ1) is 14.5. The summed E-state index contributed by atoms with van der Waals surface area (Å²) in [6.45, 7) is 1.96. The van der Waals surface area contributed by atoms with Gasteiger partial charge in [0, 0.05) is 24.4 Å². The summed E-state index contributed by atoms with van der Waals surface area (Å²) >= 11 is 0. The number of rotatable bonds is 4. The molecule has 0 aliphatic heterocycles. The van der Waals surface area contributed by atoms with Crippen molar-refractivity contribution >= 4 is 23.0 Å². The van der Waals surface area contributed by atoms with E-state index < -0.39 is 4.92 Å². The van der Waals surface area contributed by atoms with Gasteiger partial charge in [0.15, 0.2) is 0 Å². The molecule has 0 saturated heterocycles. The van der Waals surface area contributed by atoms with E-state index >= 15 is 0 Å². The van der Waals surface area contributed by atoms with Crippen LogP contribution in [0.3, 0.4) is 0 Å². The average molecular weight is 285 g/mol. The summed E-state index contributed by atoms with van der Waals surface area (Å²) in [5, 5.41) is 16.3. The zero-order valence-corrected chi connectivity index (χ0v) is 11.7. The fourth-order valence-electron chi connectivity index (χ4n) is 1.88. The van der Waals surface area contributed by atoms with Gasteiger partial charge in [-0.05, 0) is 31.2 Å². The van der Waals surface area contributed by atoms with Gasteiger partial charge in [0.2, 0.25) is 0 Å². The number of amides is 1. The third-order valence-corrected chi connectivity index (χ3v) is 3.03. The van der Waals surface area contributed by atoms with Gasteiger partial charge in [-0.15, -0.1) is 0 Å². The highest BCUT2D eigenvalue weighted by atomic mass is 16.6. The van der Waals surface area contributed by atoms with Gasteiger partial charge in [0.05, 0.1) is 4.92 Å². The third-order valence-electron chi connectivity index (χ3n) is 3.03. The lowest BCUT2D eigenvalue weighted by atomic mass is 10.1. The van der Waals surface area contributed by atoms with Crippen LogP contribution in [0.15, 0.2) is 42.5 Å². The van der Waals surface area contributed by atoms with Crippen LogP contribution in [-0.2, 0) is 0 Å². The molecule has 0 aromatic heterocycles. The standard InChI is InChI=1S/C15H15N3O3/c1-10-3-6-12(7-4-10)17-15(19)11-5-8-14(18(20)21)13(9-11)16-2/h3-9,16H,1-2H3,(H,17,19). The lowest BCUT2D eigenvalue weighted by molar-refractivity contribution is -0.383. The molecule has 108 valence electrons. The highest BCUT2D eigenvalue weighted by molar-refractivity contribution is 6.05. The Kier molecular flexibility index (Phi) is 4.18. The van der Waals surface area contributed by atoms with Crippen molar-refractivity contribution in [3.63, 3.8) is 0 Å². The van der Waals surface area contributed by atoms with Gasteiger partial charge >= 0.3 is 0 Å². The normalized spacial score (nSPS) is 10.0. The molecule has 0 fully saturated rings. The topological polar surface area (TPSA) is 84.3 Å². The van der Waals surface area contributed by atoms with Crippen molar-refractivity contribution in [1.82, 2.24) is 0 Å². The van der Waals surface area contributed by atoms with Gasteiger partial charge < -0.3 is 10.6 Å². The zero-order chi connectivity index (χ0) is 15.4. The number of benzene rings is 2. The molecule has 0 unspecified atom stereocenters. The number of hydrogen-bond donors (Lipinski definition) is 2. The molecule has 6 nitrogen and oxygen atoms in total. The maximum atomic E-state index is 12.1. The number of carbonyl (C=O) groups excluding carboxylic acids is 1. The Labute approximate surface area is 121 Å². The molecule has 0 heterocycles. The van der Waals surface area contributed by atoms with E-state index in [4.69, 9.17) is 0 Å². The molecule has 0 radical (unpaired) electrons. The van der Waals surface area contributed by atoms with Gasteiger partial charge in [-0.2, -0.15) is 0 Å². The minimum Gasteiger partial charge on any atom is -0.383 e. The second kappa shape index (κ2) is 6.04. The molecule has 0 atom stereocenters. The van der Waals surface area contributed by atoms with Crippen LogP contribution in [-0.4, -0.2) is 17.9 Å². The van der Waals surface area contributed by atoms with E-state index in [0.29, 0.717) is 16.9 Å². The summed E-state index contributed by atoms with van der Waals surface area (Å²) in [7, 11) is 1.57. The van der Waals surface area contributed by atoms with E-state index in [1.807, 2.05) is 19.1 Å². The fraction of sp³-hybridized carbons (Fsp3) is 0.133. The maximum absolute atomic E-state index is 12.1. The van der Waals surface area contributed by atoms with Crippen molar-refractivity contribution in [2.24, 2.45) is 0 Å². The molecular formula is C15H15N3O3. The smallest absolute Gasteiger partial charge is 0.292 e. The minimum absolute atomic E-state index is 0.0654. The van der Waals surface area contributed by atoms with E-state index in [-0.39, 0.29) is 11.6 Å². The SMILES string of the molecule is CNc1cc(C(=O)Nc2ccc(C)cc2)ccc1[N+](=O)[O-]. The number of anilines is 2. The first-order valence-corrected chi connectivity index (χ1v) is 6.35. The predicted molar refractivity (Wildman–Crippen MR) is 81.8 cm³/mol. The molecule has 6 heteroatoms. The Bertz CT molecular complexity index is 681. The Hall–Kier alpha value is -2.89. The van der Waals surface area contributed by atoms with Crippen molar-refractivity contribution < 1.29 is 9.72 Å². The van der Waals surface area contributed by atoms with Crippen molar-refractivity contribution in [3.8, 4) is 0 Å². The number of hydrogen-bond acceptors (Lipinski definition) is 4. The largest absolute Gasteiger partial charge is 0.383 e. The molecule has 2 N–H and O–H groups in total. The lowest BCUT2D eigenvalue weighted by Crippen LogP contribution is -2.12. The number of nitro benzene ring substituents is 1. The first-order valence-electron chi connectivity index (χ1n) is 6.35. The van der Waals surface area contributed by atoms with E-state index in [9.17, 15) is 14.9 Å². The van der Waals surface area contributed by atoms with Crippen LogP contribution in [0.4, 0.5) is 17.1 Å². The zero-order valence-electron chi connectivity index (χ0n) is 11.7. The van der Waals surface area contributed by atoms with Crippen LogP contribution in [0.5, 0.6) is 0 Å². The summed E-state index contributed by atoms with van der Waals surface area (Å²) in [6.07, 6.45) is 0. The van der Waals surface area contributed by atoms with E-state index in [2.05, 4.69) is 10.6 Å². The quantitative estimate of drug-likeness (QED) is 0.667. The van der Waals surface area contributed by atoms with Crippen molar-refractivity contribution in [2.75, 3.05) is 17.7 Å². The Morgan fingerprint density at radius 2 is 1.81 bits per heavy atom. The van der Waals surface area contributed by atoms with Gasteiger partial charge in [0.1, 0.15) is 5.69 Å². The van der Waals surface area contributed by atoms with E-state index in [1.54, 1.807) is 19.2 Å². The molecule has 2 aromatic carbocycles. The Morgan fingerprint density at radius 1 is 1.14 bits per heavy atom. The van der Waals surface area contributed by atoms with Crippen molar-refractivity contribution in [1.29, 1.82) is 0 Å². The summed E-state index contributed by atoms with van der Waals surface area (Å²) < 4.78 is 0. The van der Waals surface area contributed by atoms with Gasteiger partial charge in [0.25, 0.3) is 11.6 Å². The molecular weight excluding hydrogens is 270 g/mol. The van der Waals surface area contributed by atoms with Gasteiger partial charge in [-0.25, -0.2) is 0 Å². The Morgan fingerprint density at radius 3 is 2.38 bits per heavy atom. The second-order valence-electron chi connectivity index (χ2n) is 4.56. The average Bonchev–Trinajstić information content (AvgIpc) is 2.48. The van der Waals surface area contributed by atoms with Crippen LogP contribution < -0.4 is 10.6 Å². The second-order valence-corrected chi connectivity index (χ2v) is 4.56. The summed E-state index contributed by atoms with van der Waals surface area (Å²) in [5.74, 6) is -0.315. The van der Waals surface area contributed by atoms with Crippen molar-refractivity contribution in [3.05, 3.63) is 63.7 Å². The molecule has 0 aliphatic carbocycles. The van der Waals surface area contributed by atoms with Crippen LogP contribution >= 0.6 is 0 Å². The third kappa shape index (κ3) is 3.36. The molecule has 2 rings (SSSR count). The lowest BCUT2D eigenvalue weighted by Gasteiger charge is -2.08. The number of aryl methyl sites for hydroxylation is 1. The van der Waals surface area contributed by atoms with Crippen LogP contribution in [0.1, 0.15) is 15.9 Å². The first-order chi connectivity index (χ1) is 10.0. The minimum atomic E-state index is -0.493. The number of nitrogens with zero attached hydrogens (tertiary/aromatic N) is 1. The number of carbonyl (C=O) groups is 1. The molecule has 0 aliphatic rings. The molecule has 2 aromatic rings. The Balaban J connectivity index is 2.23. The summed E-state index contributed by atoms with van der Waals surface area (Å²) in [6, 6.07) is 11.6. The van der Waals surface area contributed by atoms with Gasteiger partial charge in [-0.1, -0.05) is 17.7 Å². The fourth-order valence-corrected chi connectivity index (χ4v) is 1.88. The van der Waals surface area contributed by atoms with Crippen molar-refractivity contribution in [2.45, 2.75) is 6.92 Å². The van der Waals surface area contributed by atoms with E-state index in [0.717, 1.165) is 5.56 Å². The molecule has 21 heavy (non-hydrogen) atoms. The molecule has 0 spiro atoms. The van der Waals surface area contributed by atoms with Crippen LogP contribution in [0.25, 0.3) is 0 Å². The van der Waals surface area contributed by atoms with Crippen LogP contribution in [0.2, 0.25) is 0 Å². The molecule has 1 amide bonds.